The molecule has 0 spiro atoms. The van der Waals surface area contributed by atoms with Crippen LogP contribution in [0.3, 0.4) is 0 Å². The van der Waals surface area contributed by atoms with E-state index in [-0.39, 0.29) is 23.0 Å². The van der Waals surface area contributed by atoms with Crippen LogP contribution in [0.5, 0.6) is 0 Å². The zero-order valence-electron chi connectivity index (χ0n) is 16.1. The first-order chi connectivity index (χ1) is 13.2. The Labute approximate surface area is 168 Å². The van der Waals surface area contributed by atoms with Crippen molar-refractivity contribution in [3.05, 3.63) is 11.8 Å². The van der Waals surface area contributed by atoms with E-state index in [2.05, 4.69) is 34.4 Å². The molecule has 3 heterocycles. The molecule has 10 heteroatoms. The third-order valence-electron chi connectivity index (χ3n) is 4.94. The van der Waals surface area contributed by atoms with Crippen LogP contribution in [0.1, 0.15) is 38.8 Å². The summed E-state index contributed by atoms with van der Waals surface area (Å²) in [6.07, 6.45) is -1.51. The molecule has 3 atom stereocenters. The van der Waals surface area contributed by atoms with E-state index in [4.69, 9.17) is 17.0 Å². The Hall–Kier alpha value is -1.68. The summed E-state index contributed by atoms with van der Waals surface area (Å²) in [4.78, 5) is 9.82. The molecule has 3 rings (SSSR count). The van der Waals surface area contributed by atoms with Gasteiger partial charge in [0, 0.05) is 32.3 Å². The minimum Gasteiger partial charge on any atom is -0.376 e. The molecule has 2 aliphatic rings. The van der Waals surface area contributed by atoms with Crippen LogP contribution in [0.25, 0.3) is 0 Å². The summed E-state index contributed by atoms with van der Waals surface area (Å²) in [5, 5.41) is 5.84. The molecule has 2 saturated heterocycles. The minimum absolute atomic E-state index is 0.0639. The molecule has 0 amide bonds. The van der Waals surface area contributed by atoms with Gasteiger partial charge in [0.25, 0.3) is 0 Å². The highest BCUT2D eigenvalue weighted by Gasteiger charge is 2.35. The predicted molar refractivity (Wildman–Crippen MR) is 105 cm³/mol. The van der Waals surface area contributed by atoms with Crippen LogP contribution in [0.2, 0.25) is 0 Å². The van der Waals surface area contributed by atoms with Gasteiger partial charge in [-0.25, -0.2) is 4.98 Å². The molecule has 1 aromatic heterocycles. The molecule has 0 radical (unpaired) electrons. The van der Waals surface area contributed by atoms with Gasteiger partial charge in [-0.15, -0.1) is 0 Å². The quantitative estimate of drug-likeness (QED) is 0.728. The zero-order chi connectivity index (χ0) is 20.3. The highest BCUT2D eigenvalue weighted by Crippen LogP contribution is 2.32. The van der Waals surface area contributed by atoms with Crippen LogP contribution in [0.15, 0.2) is 6.07 Å². The van der Waals surface area contributed by atoms with Gasteiger partial charge in [0.1, 0.15) is 5.82 Å². The van der Waals surface area contributed by atoms with Gasteiger partial charge in [0.2, 0.25) is 5.95 Å². The van der Waals surface area contributed by atoms with Crippen molar-refractivity contribution in [3.63, 3.8) is 0 Å². The molecule has 0 unspecified atom stereocenters. The normalized spacial score (nSPS) is 25.6. The van der Waals surface area contributed by atoms with Gasteiger partial charge in [0.15, 0.2) is 10.8 Å². The number of halogens is 3. The summed E-state index contributed by atoms with van der Waals surface area (Å²) in [7, 11) is 0. The smallest absolute Gasteiger partial charge is 0.376 e. The fourth-order valence-corrected chi connectivity index (χ4v) is 3.98. The molecule has 0 bridgehead atoms. The van der Waals surface area contributed by atoms with Crippen molar-refractivity contribution >= 4 is 29.1 Å². The van der Waals surface area contributed by atoms with E-state index in [0.717, 1.165) is 31.9 Å². The highest BCUT2D eigenvalue weighted by atomic mass is 32.1. The Morgan fingerprint density at radius 2 is 2.00 bits per heavy atom. The van der Waals surface area contributed by atoms with E-state index in [1.54, 1.807) is 0 Å². The highest BCUT2D eigenvalue weighted by molar-refractivity contribution is 7.80. The zero-order valence-corrected chi connectivity index (χ0v) is 16.9. The first-order valence-corrected chi connectivity index (χ1v) is 9.99. The summed E-state index contributed by atoms with van der Waals surface area (Å²) in [5.41, 5.74) is -0.979. The van der Waals surface area contributed by atoms with E-state index in [1.165, 1.54) is 0 Å². The van der Waals surface area contributed by atoms with E-state index in [1.807, 2.05) is 4.90 Å². The third-order valence-corrected chi connectivity index (χ3v) is 5.18. The lowest BCUT2D eigenvalue weighted by molar-refractivity contribution is -0.141. The van der Waals surface area contributed by atoms with Gasteiger partial charge < -0.3 is 20.3 Å². The Bertz CT molecular complexity index is 686. The number of anilines is 2. The predicted octanol–water partition coefficient (Wildman–Crippen LogP) is 3.44. The van der Waals surface area contributed by atoms with Crippen LogP contribution in [-0.2, 0) is 10.9 Å². The Morgan fingerprint density at radius 1 is 1.29 bits per heavy atom. The number of hydrogen-bond donors (Lipinski definition) is 2. The fourth-order valence-electron chi connectivity index (χ4n) is 3.81. The van der Waals surface area contributed by atoms with E-state index < -0.39 is 11.9 Å². The van der Waals surface area contributed by atoms with E-state index in [0.29, 0.717) is 31.5 Å². The van der Waals surface area contributed by atoms with Crippen LogP contribution in [-0.4, -0.2) is 47.4 Å². The van der Waals surface area contributed by atoms with E-state index >= 15 is 0 Å². The first kappa shape index (κ1) is 21.0. The van der Waals surface area contributed by atoms with Gasteiger partial charge in [-0.05, 0) is 43.3 Å². The number of piperidine rings is 1. The maximum absolute atomic E-state index is 13.4. The topological polar surface area (TPSA) is 62.3 Å². The number of hydrogen-bond acceptors (Lipinski definition) is 5. The second-order valence-electron chi connectivity index (χ2n) is 7.75. The number of thiocarbonyl (C=S) groups is 1. The molecule has 2 N–H and O–H groups in total. The molecular formula is C18H26F3N5OS. The summed E-state index contributed by atoms with van der Waals surface area (Å²) >= 11 is 5.19. The van der Waals surface area contributed by atoms with Gasteiger partial charge in [-0.2, -0.15) is 18.2 Å². The maximum atomic E-state index is 13.4. The average molecular weight is 418 g/mol. The molecule has 1 aromatic rings. The Morgan fingerprint density at radius 3 is 2.61 bits per heavy atom. The second kappa shape index (κ2) is 8.77. The molecule has 0 saturated carbocycles. The Kier molecular flexibility index (Phi) is 6.59. The number of nitrogens with one attached hydrogen (secondary N) is 2. The molecule has 2 fully saturated rings. The second-order valence-corrected chi connectivity index (χ2v) is 8.16. The number of nitrogens with zero attached hydrogens (tertiary/aromatic N) is 3. The van der Waals surface area contributed by atoms with Crippen molar-refractivity contribution in [1.82, 2.24) is 15.3 Å². The van der Waals surface area contributed by atoms with Crippen molar-refractivity contribution in [2.45, 2.75) is 45.4 Å². The number of ether oxygens (including phenoxy) is 1. The van der Waals surface area contributed by atoms with Crippen LogP contribution in [0, 0.1) is 11.8 Å². The van der Waals surface area contributed by atoms with Crippen LogP contribution >= 0.6 is 12.2 Å². The number of alkyl halides is 3. The SMILES string of the molecule is C[C@@H]1C[C@H](C)CN(c2cc(C(F)(F)F)nc(NC(=S)NC[C@H]3CCCO3)n2)C1. The van der Waals surface area contributed by atoms with Crippen molar-refractivity contribution in [2.24, 2.45) is 11.8 Å². The lowest BCUT2D eigenvalue weighted by Gasteiger charge is -2.36. The van der Waals surface area contributed by atoms with Crippen molar-refractivity contribution < 1.29 is 17.9 Å². The monoisotopic (exact) mass is 417 g/mol. The average Bonchev–Trinajstić information content (AvgIpc) is 3.11. The number of aromatic nitrogens is 2. The lowest BCUT2D eigenvalue weighted by atomic mass is 9.92. The summed E-state index contributed by atoms with van der Waals surface area (Å²) < 4.78 is 45.6. The third kappa shape index (κ3) is 5.66. The van der Waals surface area contributed by atoms with Gasteiger partial charge in [-0.3, -0.25) is 0 Å². The molecule has 28 heavy (non-hydrogen) atoms. The summed E-state index contributed by atoms with van der Waals surface area (Å²) in [6, 6.07) is 1.01. The molecule has 0 aromatic carbocycles. The summed E-state index contributed by atoms with van der Waals surface area (Å²) in [5.74, 6) is 0.892. The summed E-state index contributed by atoms with van der Waals surface area (Å²) in [6.45, 7) is 6.74. The van der Waals surface area contributed by atoms with E-state index in [9.17, 15) is 13.2 Å². The maximum Gasteiger partial charge on any atom is 0.433 e. The molecule has 6 nitrogen and oxygen atoms in total. The van der Waals surface area contributed by atoms with Crippen molar-refractivity contribution in [3.8, 4) is 0 Å². The molecular weight excluding hydrogens is 391 g/mol. The van der Waals surface area contributed by atoms with Crippen LogP contribution < -0.4 is 15.5 Å². The largest absolute Gasteiger partial charge is 0.433 e. The fraction of sp³-hybridized carbons (Fsp3) is 0.722. The van der Waals surface area contributed by atoms with Gasteiger partial charge in [-0.1, -0.05) is 13.8 Å². The molecule has 2 aliphatic heterocycles. The van der Waals surface area contributed by atoms with Crippen LogP contribution in [0.4, 0.5) is 24.9 Å². The Balaban J connectivity index is 1.74. The van der Waals surface area contributed by atoms with Crippen molar-refractivity contribution in [2.75, 3.05) is 36.5 Å². The minimum atomic E-state index is -4.56. The number of rotatable bonds is 4. The lowest BCUT2D eigenvalue weighted by Crippen LogP contribution is -2.40. The molecule has 0 aliphatic carbocycles. The first-order valence-electron chi connectivity index (χ1n) is 9.58. The van der Waals surface area contributed by atoms with Crippen molar-refractivity contribution in [1.29, 1.82) is 0 Å². The molecule has 156 valence electrons. The standard InChI is InChI=1S/C18H26F3N5OS/c1-11-6-12(2)10-26(9-11)15-7-14(18(19,20)21)23-16(24-15)25-17(28)22-8-13-4-3-5-27-13/h7,11-13H,3-6,8-10H2,1-2H3,(H2,22,23,24,25,28)/t11-,12+,13-/m1/s1. The van der Waals surface area contributed by atoms with Gasteiger partial charge >= 0.3 is 6.18 Å². The van der Waals surface area contributed by atoms with Gasteiger partial charge in [0.05, 0.1) is 6.10 Å².